The van der Waals surface area contributed by atoms with Crippen LogP contribution in [-0.4, -0.2) is 27.5 Å². The number of carbonyl (C=O) groups is 1. The Labute approximate surface area is 130 Å². The molecule has 1 aromatic carbocycles. The summed E-state index contributed by atoms with van der Waals surface area (Å²) in [6.07, 6.45) is 0. The molecular formula is C17H22N2O3. The Morgan fingerprint density at radius 3 is 2.55 bits per heavy atom. The summed E-state index contributed by atoms with van der Waals surface area (Å²) < 4.78 is 7.11. The SMILES string of the molecule is CC(C)(C)c1cc(C(=O)O)n(CCOCc2ccccc2)n1. The average Bonchev–Trinajstić information content (AvgIpc) is 2.89. The van der Waals surface area contributed by atoms with Gasteiger partial charge in [-0.25, -0.2) is 4.79 Å². The highest BCUT2D eigenvalue weighted by Crippen LogP contribution is 2.21. The number of nitrogens with zero attached hydrogens (tertiary/aromatic N) is 2. The molecule has 0 fully saturated rings. The van der Waals surface area contributed by atoms with Gasteiger partial charge in [-0.05, 0) is 11.6 Å². The minimum atomic E-state index is -0.967. The molecule has 0 aliphatic carbocycles. The van der Waals surface area contributed by atoms with Crippen LogP contribution < -0.4 is 0 Å². The Morgan fingerprint density at radius 1 is 1.27 bits per heavy atom. The number of ether oxygens (including phenoxy) is 1. The summed E-state index contributed by atoms with van der Waals surface area (Å²) in [4.78, 5) is 11.3. The van der Waals surface area contributed by atoms with Gasteiger partial charge in [0, 0.05) is 5.41 Å². The highest BCUT2D eigenvalue weighted by Gasteiger charge is 2.22. The van der Waals surface area contributed by atoms with Gasteiger partial charge in [0.05, 0.1) is 25.5 Å². The van der Waals surface area contributed by atoms with E-state index in [0.29, 0.717) is 19.8 Å². The minimum absolute atomic E-state index is 0.180. The molecule has 5 heteroatoms. The van der Waals surface area contributed by atoms with Crippen LogP contribution in [0.25, 0.3) is 0 Å². The zero-order valence-corrected chi connectivity index (χ0v) is 13.2. The van der Waals surface area contributed by atoms with Crippen LogP contribution in [0, 0.1) is 0 Å². The summed E-state index contributed by atoms with van der Waals surface area (Å²) in [7, 11) is 0. The fourth-order valence-corrected chi connectivity index (χ4v) is 2.04. The van der Waals surface area contributed by atoms with E-state index in [2.05, 4.69) is 5.10 Å². The van der Waals surface area contributed by atoms with E-state index in [4.69, 9.17) is 4.74 Å². The average molecular weight is 302 g/mol. The highest BCUT2D eigenvalue weighted by atomic mass is 16.5. The monoisotopic (exact) mass is 302 g/mol. The van der Waals surface area contributed by atoms with Crippen molar-refractivity contribution in [3.05, 3.63) is 53.3 Å². The van der Waals surface area contributed by atoms with Crippen molar-refractivity contribution in [2.45, 2.75) is 39.3 Å². The molecule has 0 bridgehead atoms. The van der Waals surface area contributed by atoms with E-state index in [1.54, 1.807) is 6.07 Å². The van der Waals surface area contributed by atoms with E-state index >= 15 is 0 Å². The molecule has 0 aliphatic heterocycles. The van der Waals surface area contributed by atoms with Crippen molar-refractivity contribution in [3.8, 4) is 0 Å². The Hall–Kier alpha value is -2.14. The lowest BCUT2D eigenvalue weighted by Gasteiger charge is -2.14. The van der Waals surface area contributed by atoms with Gasteiger partial charge in [0.2, 0.25) is 0 Å². The van der Waals surface area contributed by atoms with Crippen LogP contribution in [0.3, 0.4) is 0 Å². The van der Waals surface area contributed by atoms with Gasteiger partial charge in [-0.1, -0.05) is 51.1 Å². The standard InChI is InChI=1S/C17H22N2O3/c1-17(2,3)15-11-14(16(20)21)19(18-15)9-10-22-12-13-7-5-4-6-8-13/h4-8,11H,9-10,12H2,1-3H3,(H,20,21). The highest BCUT2D eigenvalue weighted by molar-refractivity contribution is 5.85. The third-order valence-electron chi connectivity index (χ3n) is 3.33. The van der Waals surface area contributed by atoms with E-state index in [1.807, 2.05) is 51.1 Å². The predicted octanol–water partition coefficient (Wildman–Crippen LogP) is 3.10. The molecule has 0 aliphatic rings. The molecule has 0 spiro atoms. The topological polar surface area (TPSA) is 64.3 Å². The molecule has 1 aromatic heterocycles. The molecule has 0 amide bonds. The number of rotatable bonds is 6. The first-order valence-corrected chi connectivity index (χ1v) is 7.31. The van der Waals surface area contributed by atoms with Gasteiger partial charge < -0.3 is 9.84 Å². The largest absolute Gasteiger partial charge is 0.477 e. The normalized spacial score (nSPS) is 11.6. The summed E-state index contributed by atoms with van der Waals surface area (Å²) in [5.41, 5.74) is 1.89. The van der Waals surface area contributed by atoms with E-state index < -0.39 is 5.97 Å². The summed E-state index contributed by atoms with van der Waals surface area (Å²) in [5, 5.41) is 13.7. The van der Waals surface area contributed by atoms with Gasteiger partial charge in [-0.2, -0.15) is 5.10 Å². The third kappa shape index (κ3) is 4.18. The zero-order chi connectivity index (χ0) is 16.2. The van der Waals surface area contributed by atoms with Crippen molar-refractivity contribution in [1.29, 1.82) is 0 Å². The van der Waals surface area contributed by atoms with E-state index in [9.17, 15) is 9.90 Å². The zero-order valence-electron chi connectivity index (χ0n) is 13.2. The quantitative estimate of drug-likeness (QED) is 0.833. The molecule has 2 rings (SSSR count). The van der Waals surface area contributed by atoms with Gasteiger partial charge in [-0.3, -0.25) is 4.68 Å². The number of carboxylic acid groups (broad SMARTS) is 1. The first-order chi connectivity index (χ1) is 10.4. The Kier molecular flexibility index (Phi) is 4.98. The molecule has 1 N–H and O–H groups in total. The lowest BCUT2D eigenvalue weighted by Crippen LogP contribution is -2.15. The van der Waals surface area contributed by atoms with Gasteiger partial charge >= 0.3 is 5.97 Å². The molecule has 2 aromatic rings. The van der Waals surface area contributed by atoms with E-state index in [0.717, 1.165) is 11.3 Å². The number of carboxylic acids is 1. The molecule has 22 heavy (non-hydrogen) atoms. The number of hydrogen-bond acceptors (Lipinski definition) is 3. The lowest BCUT2D eigenvalue weighted by atomic mass is 9.92. The lowest BCUT2D eigenvalue weighted by molar-refractivity contribution is 0.0674. The van der Waals surface area contributed by atoms with Crippen LogP contribution in [0.5, 0.6) is 0 Å². The Morgan fingerprint density at radius 2 is 1.95 bits per heavy atom. The van der Waals surface area contributed by atoms with Crippen LogP contribution in [0.4, 0.5) is 0 Å². The molecule has 5 nitrogen and oxygen atoms in total. The molecule has 0 radical (unpaired) electrons. The van der Waals surface area contributed by atoms with Crippen molar-refractivity contribution in [1.82, 2.24) is 9.78 Å². The minimum Gasteiger partial charge on any atom is -0.477 e. The molecule has 0 unspecified atom stereocenters. The number of hydrogen-bond donors (Lipinski definition) is 1. The molecule has 1 heterocycles. The summed E-state index contributed by atoms with van der Waals surface area (Å²) in [6.45, 7) is 7.38. The van der Waals surface area contributed by atoms with Gasteiger partial charge in [0.15, 0.2) is 0 Å². The fraction of sp³-hybridized carbons (Fsp3) is 0.412. The molecule has 0 saturated carbocycles. The van der Waals surface area contributed by atoms with Crippen LogP contribution in [0.1, 0.15) is 42.5 Å². The number of aromatic carboxylic acids is 1. The van der Waals surface area contributed by atoms with E-state index in [-0.39, 0.29) is 11.1 Å². The first kappa shape index (κ1) is 16.2. The second kappa shape index (κ2) is 6.75. The molecular weight excluding hydrogens is 280 g/mol. The number of aromatic nitrogens is 2. The van der Waals surface area contributed by atoms with Crippen LogP contribution >= 0.6 is 0 Å². The molecule has 118 valence electrons. The number of benzene rings is 1. The molecule has 0 atom stereocenters. The second-order valence-corrected chi connectivity index (χ2v) is 6.23. The first-order valence-electron chi connectivity index (χ1n) is 7.31. The van der Waals surface area contributed by atoms with Crippen molar-refractivity contribution >= 4 is 5.97 Å². The maximum absolute atomic E-state index is 11.3. The molecule has 0 saturated heterocycles. The van der Waals surface area contributed by atoms with Crippen LogP contribution in [-0.2, 0) is 23.3 Å². The van der Waals surface area contributed by atoms with Crippen molar-refractivity contribution < 1.29 is 14.6 Å². The summed E-state index contributed by atoms with van der Waals surface area (Å²) >= 11 is 0. The predicted molar refractivity (Wildman–Crippen MR) is 84.0 cm³/mol. The van der Waals surface area contributed by atoms with Gasteiger partial charge in [0.1, 0.15) is 5.69 Å². The van der Waals surface area contributed by atoms with Crippen molar-refractivity contribution in [2.75, 3.05) is 6.61 Å². The summed E-state index contributed by atoms with van der Waals surface area (Å²) in [5.74, 6) is -0.967. The summed E-state index contributed by atoms with van der Waals surface area (Å²) in [6, 6.07) is 11.5. The van der Waals surface area contributed by atoms with Gasteiger partial charge in [0.25, 0.3) is 0 Å². The Bertz CT molecular complexity index is 627. The van der Waals surface area contributed by atoms with Crippen molar-refractivity contribution in [3.63, 3.8) is 0 Å². The van der Waals surface area contributed by atoms with Crippen molar-refractivity contribution in [2.24, 2.45) is 0 Å². The third-order valence-corrected chi connectivity index (χ3v) is 3.33. The second-order valence-electron chi connectivity index (χ2n) is 6.23. The maximum Gasteiger partial charge on any atom is 0.354 e. The van der Waals surface area contributed by atoms with Crippen LogP contribution in [0.15, 0.2) is 36.4 Å². The maximum atomic E-state index is 11.3. The fourth-order valence-electron chi connectivity index (χ4n) is 2.04. The Balaban J connectivity index is 1.97. The van der Waals surface area contributed by atoms with E-state index in [1.165, 1.54) is 4.68 Å². The van der Waals surface area contributed by atoms with Gasteiger partial charge in [-0.15, -0.1) is 0 Å². The van der Waals surface area contributed by atoms with Crippen LogP contribution in [0.2, 0.25) is 0 Å². The smallest absolute Gasteiger partial charge is 0.354 e.